The Balaban J connectivity index is 1.53. The number of nitrogens with one attached hydrogen (secondary N) is 1. The Bertz CT molecular complexity index is 1310. The highest BCUT2D eigenvalue weighted by Gasteiger charge is 2.15. The molecule has 0 bridgehead atoms. The second kappa shape index (κ2) is 8.19. The molecule has 0 unspecified atom stereocenters. The van der Waals surface area contributed by atoms with Crippen molar-refractivity contribution in [2.75, 3.05) is 11.1 Å². The Kier molecular flexibility index (Phi) is 5.43. The Labute approximate surface area is 181 Å². The topological polar surface area (TPSA) is 108 Å². The van der Waals surface area contributed by atoms with Crippen LogP contribution in [0, 0.1) is 12.7 Å². The van der Waals surface area contributed by atoms with Crippen molar-refractivity contribution in [3.8, 4) is 5.75 Å². The minimum Gasteiger partial charge on any atom is -0.487 e. The van der Waals surface area contributed by atoms with E-state index in [-0.39, 0.29) is 17.2 Å². The lowest BCUT2D eigenvalue weighted by molar-refractivity contribution is 0.102. The molecule has 0 saturated carbocycles. The van der Waals surface area contributed by atoms with Crippen molar-refractivity contribution >= 4 is 40.0 Å². The number of amides is 1. The number of anilines is 2. The number of nitrogens with two attached hydrogens (primary N) is 1. The van der Waals surface area contributed by atoms with Gasteiger partial charge in [-0.15, -0.1) is 0 Å². The lowest BCUT2D eigenvalue weighted by atomic mass is 10.1. The van der Waals surface area contributed by atoms with E-state index < -0.39 is 11.7 Å². The normalized spacial score (nSPS) is 11.0. The number of hydrogen-bond acceptors (Lipinski definition) is 6. The fourth-order valence-corrected chi connectivity index (χ4v) is 3.29. The van der Waals surface area contributed by atoms with Crippen LogP contribution in [0.2, 0.25) is 5.02 Å². The van der Waals surface area contributed by atoms with Crippen LogP contribution in [-0.4, -0.2) is 25.7 Å². The third-order valence-electron chi connectivity index (χ3n) is 4.71. The monoisotopic (exact) mass is 440 g/mol. The second-order valence-electron chi connectivity index (χ2n) is 6.88. The molecule has 31 heavy (non-hydrogen) atoms. The maximum Gasteiger partial charge on any atom is 0.255 e. The van der Waals surface area contributed by atoms with Crippen LogP contribution in [0.3, 0.4) is 0 Å². The van der Waals surface area contributed by atoms with E-state index in [0.717, 1.165) is 11.6 Å². The summed E-state index contributed by atoms with van der Waals surface area (Å²) in [5.41, 5.74) is 8.82. The van der Waals surface area contributed by atoms with Crippen LogP contribution in [-0.2, 0) is 13.7 Å². The lowest BCUT2D eigenvalue weighted by Gasteiger charge is -2.12. The van der Waals surface area contributed by atoms with Gasteiger partial charge in [0.15, 0.2) is 5.65 Å². The van der Waals surface area contributed by atoms with Gasteiger partial charge in [0.1, 0.15) is 36.0 Å². The van der Waals surface area contributed by atoms with Crippen LogP contribution < -0.4 is 15.8 Å². The van der Waals surface area contributed by atoms with Crippen molar-refractivity contribution in [1.29, 1.82) is 0 Å². The van der Waals surface area contributed by atoms with Crippen molar-refractivity contribution in [2.45, 2.75) is 13.5 Å². The average molecular weight is 441 g/mol. The van der Waals surface area contributed by atoms with Gasteiger partial charge in [-0.05, 0) is 36.8 Å². The Morgan fingerprint density at radius 3 is 2.84 bits per heavy atom. The van der Waals surface area contributed by atoms with E-state index in [4.69, 9.17) is 22.1 Å². The molecule has 1 amide bonds. The van der Waals surface area contributed by atoms with Gasteiger partial charge in [0.2, 0.25) is 0 Å². The number of halogens is 2. The SMILES string of the molecule is Cc1ccc(NC(=O)c2ccc(F)c(Cl)c2)cc1OCc1nn(C)c2ncnc(N)c12. The summed E-state index contributed by atoms with van der Waals surface area (Å²) < 4.78 is 20.9. The Morgan fingerprint density at radius 1 is 1.26 bits per heavy atom. The number of carbonyl (C=O) groups excluding carboxylic acids is 1. The number of hydrogen-bond donors (Lipinski definition) is 2. The standard InChI is InChI=1S/C21H18ClFN6O2/c1-11-3-5-13(27-21(30)12-4-6-15(23)14(22)7-12)8-17(11)31-9-16-18-19(24)25-10-26-20(18)29(2)28-16/h3-8,10H,9H2,1-2H3,(H,27,30)(H2,24,25,26). The predicted octanol–water partition coefficient (Wildman–Crippen LogP) is 3.88. The number of nitrogen functional groups attached to an aromatic ring is 1. The summed E-state index contributed by atoms with van der Waals surface area (Å²) in [7, 11) is 1.77. The molecule has 0 atom stereocenters. The first-order valence-electron chi connectivity index (χ1n) is 9.25. The number of carbonyl (C=O) groups is 1. The summed E-state index contributed by atoms with van der Waals surface area (Å²) >= 11 is 5.76. The molecule has 4 rings (SSSR count). The first-order chi connectivity index (χ1) is 14.8. The number of rotatable bonds is 5. The zero-order valence-corrected chi connectivity index (χ0v) is 17.4. The molecular weight excluding hydrogens is 423 g/mol. The van der Waals surface area contributed by atoms with Crippen LogP contribution in [0.4, 0.5) is 15.9 Å². The quantitative estimate of drug-likeness (QED) is 0.487. The van der Waals surface area contributed by atoms with Crippen molar-refractivity contribution in [1.82, 2.24) is 19.7 Å². The highest BCUT2D eigenvalue weighted by Crippen LogP contribution is 2.27. The average Bonchev–Trinajstić information content (AvgIpc) is 3.07. The molecular formula is C21H18ClFN6O2. The molecule has 8 nitrogen and oxygen atoms in total. The van der Waals surface area contributed by atoms with Gasteiger partial charge in [-0.3, -0.25) is 4.79 Å². The molecule has 4 aromatic rings. The van der Waals surface area contributed by atoms with Gasteiger partial charge in [0.25, 0.3) is 5.91 Å². The highest BCUT2D eigenvalue weighted by atomic mass is 35.5. The van der Waals surface area contributed by atoms with Crippen molar-refractivity contribution in [2.24, 2.45) is 7.05 Å². The molecule has 0 saturated heterocycles. The van der Waals surface area contributed by atoms with Crippen LogP contribution in [0.25, 0.3) is 11.0 Å². The fourth-order valence-electron chi connectivity index (χ4n) is 3.11. The van der Waals surface area contributed by atoms with Gasteiger partial charge >= 0.3 is 0 Å². The van der Waals surface area contributed by atoms with Crippen molar-refractivity contribution in [3.63, 3.8) is 0 Å². The first-order valence-corrected chi connectivity index (χ1v) is 9.63. The zero-order valence-electron chi connectivity index (χ0n) is 16.7. The smallest absolute Gasteiger partial charge is 0.255 e. The molecule has 0 radical (unpaired) electrons. The predicted molar refractivity (Wildman–Crippen MR) is 116 cm³/mol. The van der Waals surface area contributed by atoms with Crippen LogP contribution in [0.1, 0.15) is 21.6 Å². The molecule has 0 aliphatic rings. The van der Waals surface area contributed by atoms with Gasteiger partial charge in [-0.25, -0.2) is 19.0 Å². The van der Waals surface area contributed by atoms with E-state index in [1.807, 2.05) is 13.0 Å². The van der Waals surface area contributed by atoms with E-state index in [1.54, 1.807) is 23.9 Å². The summed E-state index contributed by atoms with van der Waals surface area (Å²) in [4.78, 5) is 20.7. The number of aryl methyl sites for hydroxylation is 2. The molecule has 0 spiro atoms. The van der Waals surface area contributed by atoms with E-state index in [0.29, 0.717) is 34.0 Å². The molecule has 0 aliphatic heterocycles. The van der Waals surface area contributed by atoms with Crippen LogP contribution in [0.5, 0.6) is 5.75 Å². The van der Waals surface area contributed by atoms with Crippen LogP contribution in [0.15, 0.2) is 42.7 Å². The number of aromatic nitrogens is 4. The first kappa shape index (κ1) is 20.5. The zero-order chi connectivity index (χ0) is 22.1. The second-order valence-corrected chi connectivity index (χ2v) is 7.29. The molecule has 2 aromatic carbocycles. The summed E-state index contributed by atoms with van der Waals surface area (Å²) in [6.07, 6.45) is 1.38. The summed E-state index contributed by atoms with van der Waals surface area (Å²) in [6.45, 7) is 2.02. The highest BCUT2D eigenvalue weighted by molar-refractivity contribution is 6.31. The Hall–Kier alpha value is -3.72. The maximum absolute atomic E-state index is 13.3. The Morgan fingerprint density at radius 2 is 2.06 bits per heavy atom. The van der Waals surface area contributed by atoms with Crippen molar-refractivity contribution in [3.05, 3.63) is 70.4 Å². The number of benzene rings is 2. The minimum absolute atomic E-state index is 0.119. The van der Waals surface area contributed by atoms with Crippen molar-refractivity contribution < 1.29 is 13.9 Å². The van der Waals surface area contributed by atoms with Gasteiger partial charge in [0, 0.05) is 24.4 Å². The van der Waals surface area contributed by atoms with E-state index >= 15 is 0 Å². The third-order valence-corrected chi connectivity index (χ3v) is 5.00. The third kappa shape index (κ3) is 4.13. The number of nitrogens with zero attached hydrogens (tertiary/aromatic N) is 4. The molecule has 2 heterocycles. The molecule has 0 aliphatic carbocycles. The van der Waals surface area contributed by atoms with Gasteiger partial charge in [0.05, 0.1) is 10.4 Å². The molecule has 158 valence electrons. The summed E-state index contributed by atoms with van der Waals surface area (Å²) in [6, 6.07) is 9.04. The minimum atomic E-state index is -0.586. The van der Waals surface area contributed by atoms with E-state index in [9.17, 15) is 9.18 Å². The van der Waals surface area contributed by atoms with E-state index in [2.05, 4.69) is 20.4 Å². The van der Waals surface area contributed by atoms with Gasteiger partial charge in [-0.2, -0.15) is 5.10 Å². The molecule has 3 N–H and O–H groups in total. The summed E-state index contributed by atoms with van der Waals surface area (Å²) in [5.74, 6) is -0.119. The van der Waals surface area contributed by atoms with Gasteiger partial charge in [-0.1, -0.05) is 17.7 Å². The summed E-state index contributed by atoms with van der Waals surface area (Å²) in [5, 5.41) is 7.69. The van der Waals surface area contributed by atoms with E-state index in [1.165, 1.54) is 18.5 Å². The number of fused-ring (bicyclic) bond motifs is 1. The fraction of sp³-hybridized carbons (Fsp3) is 0.143. The maximum atomic E-state index is 13.3. The van der Waals surface area contributed by atoms with Gasteiger partial charge < -0.3 is 15.8 Å². The number of ether oxygens (including phenoxy) is 1. The molecule has 2 aromatic heterocycles. The largest absolute Gasteiger partial charge is 0.487 e. The van der Waals surface area contributed by atoms with Crippen LogP contribution >= 0.6 is 11.6 Å². The molecule has 0 fully saturated rings. The lowest BCUT2D eigenvalue weighted by Crippen LogP contribution is -2.12. The molecule has 10 heteroatoms.